The first kappa shape index (κ1) is 14.7. The number of aromatic nitrogens is 1. The van der Waals surface area contributed by atoms with E-state index in [4.69, 9.17) is 14.0 Å². The van der Waals surface area contributed by atoms with Crippen LogP contribution in [0, 0.1) is 6.92 Å². The molecule has 0 saturated carbocycles. The van der Waals surface area contributed by atoms with Gasteiger partial charge in [-0.15, -0.1) is 0 Å². The average Bonchev–Trinajstić information content (AvgIpc) is 2.91. The van der Waals surface area contributed by atoms with Gasteiger partial charge in [-0.1, -0.05) is 5.16 Å². The minimum absolute atomic E-state index is 0.0706. The number of aryl methyl sites for hydroxylation is 1. The second kappa shape index (κ2) is 6.65. The Bertz CT molecular complexity index is 624. The molecule has 1 aromatic carbocycles. The topological polar surface area (TPSA) is 85.6 Å². The molecular formula is C14H17N3O4. The quantitative estimate of drug-likeness (QED) is 0.847. The molecule has 2 aromatic rings. The molecule has 0 spiro atoms. The summed E-state index contributed by atoms with van der Waals surface area (Å²) in [6, 6.07) is 6.87. The minimum atomic E-state index is -0.223. The van der Waals surface area contributed by atoms with Crippen molar-refractivity contribution in [3.05, 3.63) is 30.0 Å². The van der Waals surface area contributed by atoms with Crippen molar-refractivity contribution in [2.24, 2.45) is 0 Å². The first-order chi connectivity index (χ1) is 10.1. The molecule has 2 rings (SSSR count). The van der Waals surface area contributed by atoms with Crippen LogP contribution in [-0.4, -0.2) is 31.8 Å². The maximum absolute atomic E-state index is 11.9. The number of ether oxygens (including phenoxy) is 2. The number of carbonyl (C=O) groups excluding carboxylic acids is 1. The summed E-state index contributed by atoms with van der Waals surface area (Å²) in [4.78, 5) is 11.9. The molecule has 1 amide bonds. The van der Waals surface area contributed by atoms with Crippen LogP contribution in [0.5, 0.6) is 11.5 Å². The lowest BCUT2D eigenvalue weighted by atomic mass is 10.2. The van der Waals surface area contributed by atoms with Crippen molar-refractivity contribution in [3.8, 4) is 11.5 Å². The monoisotopic (exact) mass is 291 g/mol. The Morgan fingerprint density at radius 1 is 1.29 bits per heavy atom. The standard InChI is InChI=1S/C14H17N3O4/c1-9-6-13(17-21-9)15-8-14(18)16-11-5-4-10(19-2)7-12(11)20-3/h4-7H,8H2,1-3H3,(H,15,17)(H,16,18). The normalized spacial score (nSPS) is 10.0. The Labute approximate surface area is 122 Å². The van der Waals surface area contributed by atoms with Gasteiger partial charge in [0.15, 0.2) is 5.82 Å². The van der Waals surface area contributed by atoms with Gasteiger partial charge in [0.1, 0.15) is 17.3 Å². The third kappa shape index (κ3) is 3.88. The number of hydrogen-bond donors (Lipinski definition) is 2. The molecular weight excluding hydrogens is 274 g/mol. The summed E-state index contributed by atoms with van der Waals surface area (Å²) in [5, 5.41) is 9.36. The Morgan fingerprint density at radius 2 is 2.10 bits per heavy atom. The molecule has 0 unspecified atom stereocenters. The highest BCUT2D eigenvalue weighted by molar-refractivity contribution is 5.95. The summed E-state index contributed by atoms with van der Waals surface area (Å²) in [6.07, 6.45) is 0. The smallest absolute Gasteiger partial charge is 0.243 e. The predicted molar refractivity (Wildman–Crippen MR) is 77.9 cm³/mol. The number of methoxy groups -OCH3 is 2. The number of nitrogens with one attached hydrogen (secondary N) is 2. The van der Waals surface area contributed by atoms with Crippen LogP contribution in [0.25, 0.3) is 0 Å². The first-order valence-corrected chi connectivity index (χ1v) is 6.31. The highest BCUT2D eigenvalue weighted by Crippen LogP contribution is 2.28. The van der Waals surface area contributed by atoms with Gasteiger partial charge in [0, 0.05) is 12.1 Å². The van der Waals surface area contributed by atoms with E-state index in [1.807, 2.05) is 0 Å². The van der Waals surface area contributed by atoms with Crippen molar-refractivity contribution in [1.29, 1.82) is 0 Å². The molecule has 0 aliphatic rings. The van der Waals surface area contributed by atoms with Crippen molar-refractivity contribution in [3.63, 3.8) is 0 Å². The van der Waals surface area contributed by atoms with Crippen LogP contribution in [0.4, 0.5) is 11.5 Å². The van der Waals surface area contributed by atoms with E-state index in [-0.39, 0.29) is 12.5 Å². The lowest BCUT2D eigenvalue weighted by Gasteiger charge is -2.11. The van der Waals surface area contributed by atoms with E-state index in [0.29, 0.717) is 28.8 Å². The zero-order valence-electron chi connectivity index (χ0n) is 12.1. The number of carbonyl (C=O) groups is 1. The minimum Gasteiger partial charge on any atom is -0.497 e. The highest BCUT2D eigenvalue weighted by atomic mass is 16.5. The number of amides is 1. The zero-order chi connectivity index (χ0) is 15.2. The Balaban J connectivity index is 1.95. The van der Waals surface area contributed by atoms with E-state index in [1.54, 1.807) is 38.3 Å². The SMILES string of the molecule is COc1ccc(NC(=O)CNc2cc(C)on2)c(OC)c1. The molecule has 21 heavy (non-hydrogen) atoms. The van der Waals surface area contributed by atoms with Gasteiger partial charge in [-0.05, 0) is 19.1 Å². The Kier molecular flexibility index (Phi) is 4.65. The molecule has 0 fully saturated rings. The molecule has 1 aromatic heterocycles. The number of rotatable bonds is 6. The molecule has 112 valence electrons. The van der Waals surface area contributed by atoms with Crippen LogP contribution >= 0.6 is 0 Å². The van der Waals surface area contributed by atoms with Gasteiger partial charge >= 0.3 is 0 Å². The molecule has 7 nitrogen and oxygen atoms in total. The zero-order valence-corrected chi connectivity index (χ0v) is 12.1. The van der Waals surface area contributed by atoms with Crippen molar-refractivity contribution < 1.29 is 18.8 Å². The van der Waals surface area contributed by atoms with Crippen LogP contribution in [0.3, 0.4) is 0 Å². The van der Waals surface area contributed by atoms with E-state index in [1.165, 1.54) is 7.11 Å². The number of anilines is 2. The maximum Gasteiger partial charge on any atom is 0.243 e. The fourth-order valence-corrected chi connectivity index (χ4v) is 1.72. The molecule has 0 bridgehead atoms. The highest BCUT2D eigenvalue weighted by Gasteiger charge is 2.09. The Hall–Kier alpha value is -2.70. The van der Waals surface area contributed by atoms with Gasteiger partial charge in [-0.25, -0.2) is 0 Å². The number of benzene rings is 1. The van der Waals surface area contributed by atoms with Crippen LogP contribution in [0.1, 0.15) is 5.76 Å². The van der Waals surface area contributed by atoms with Gasteiger partial charge in [-0.3, -0.25) is 4.79 Å². The van der Waals surface area contributed by atoms with E-state index < -0.39 is 0 Å². The number of nitrogens with zero attached hydrogens (tertiary/aromatic N) is 1. The summed E-state index contributed by atoms with van der Waals surface area (Å²) in [5.74, 6) is 2.15. The van der Waals surface area contributed by atoms with E-state index >= 15 is 0 Å². The third-order valence-corrected chi connectivity index (χ3v) is 2.74. The molecule has 7 heteroatoms. The molecule has 0 radical (unpaired) electrons. The van der Waals surface area contributed by atoms with Crippen LogP contribution in [0.15, 0.2) is 28.8 Å². The summed E-state index contributed by atoms with van der Waals surface area (Å²) < 4.78 is 15.2. The maximum atomic E-state index is 11.9. The molecule has 0 saturated heterocycles. The molecule has 0 aliphatic carbocycles. The van der Waals surface area contributed by atoms with Crippen molar-refractivity contribution in [2.75, 3.05) is 31.4 Å². The van der Waals surface area contributed by atoms with E-state index in [9.17, 15) is 4.79 Å². The van der Waals surface area contributed by atoms with Crippen molar-refractivity contribution in [1.82, 2.24) is 5.16 Å². The summed E-state index contributed by atoms with van der Waals surface area (Å²) >= 11 is 0. The van der Waals surface area contributed by atoms with E-state index in [0.717, 1.165) is 0 Å². The second-order valence-corrected chi connectivity index (χ2v) is 4.29. The van der Waals surface area contributed by atoms with Gasteiger partial charge in [0.2, 0.25) is 5.91 Å². The van der Waals surface area contributed by atoms with Gasteiger partial charge in [-0.2, -0.15) is 0 Å². The van der Waals surface area contributed by atoms with Gasteiger partial charge < -0.3 is 24.6 Å². The fraction of sp³-hybridized carbons (Fsp3) is 0.286. The number of hydrogen-bond acceptors (Lipinski definition) is 6. The summed E-state index contributed by atoms with van der Waals surface area (Å²) in [5.41, 5.74) is 0.571. The molecule has 1 heterocycles. The lowest BCUT2D eigenvalue weighted by molar-refractivity contribution is -0.114. The average molecular weight is 291 g/mol. The molecule has 0 atom stereocenters. The fourth-order valence-electron chi connectivity index (χ4n) is 1.72. The van der Waals surface area contributed by atoms with Crippen LogP contribution < -0.4 is 20.1 Å². The van der Waals surface area contributed by atoms with Crippen LogP contribution in [0.2, 0.25) is 0 Å². The third-order valence-electron chi connectivity index (χ3n) is 2.74. The van der Waals surface area contributed by atoms with Crippen molar-refractivity contribution >= 4 is 17.4 Å². The first-order valence-electron chi connectivity index (χ1n) is 6.31. The predicted octanol–water partition coefficient (Wildman–Crippen LogP) is 2.05. The van der Waals surface area contributed by atoms with E-state index in [2.05, 4.69) is 15.8 Å². The summed E-state index contributed by atoms with van der Waals surface area (Å²) in [7, 11) is 3.09. The van der Waals surface area contributed by atoms with Crippen LogP contribution in [-0.2, 0) is 4.79 Å². The molecule has 0 aliphatic heterocycles. The van der Waals surface area contributed by atoms with Crippen molar-refractivity contribution in [2.45, 2.75) is 6.92 Å². The largest absolute Gasteiger partial charge is 0.497 e. The lowest BCUT2D eigenvalue weighted by Crippen LogP contribution is -2.22. The van der Waals surface area contributed by atoms with Gasteiger partial charge in [0.05, 0.1) is 26.5 Å². The Morgan fingerprint density at radius 3 is 2.71 bits per heavy atom. The second-order valence-electron chi connectivity index (χ2n) is 4.29. The molecule has 2 N–H and O–H groups in total. The van der Waals surface area contributed by atoms with Gasteiger partial charge in [0.25, 0.3) is 0 Å². The summed E-state index contributed by atoms with van der Waals surface area (Å²) in [6.45, 7) is 1.85.